The molecule has 0 bridgehead atoms. The van der Waals surface area contributed by atoms with Crippen molar-refractivity contribution in [1.82, 2.24) is 4.90 Å². The lowest BCUT2D eigenvalue weighted by molar-refractivity contribution is -0.136. The molecule has 2 aromatic carbocycles. The van der Waals surface area contributed by atoms with Crippen molar-refractivity contribution in [2.24, 2.45) is 0 Å². The molecule has 1 heterocycles. The van der Waals surface area contributed by atoms with Gasteiger partial charge in [-0.05, 0) is 50.5 Å². The van der Waals surface area contributed by atoms with E-state index in [2.05, 4.69) is 0 Å². The van der Waals surface area contributed by atoms with Crippen LogP contribution in [-0.4, -0.2) is 36.5 Å². The lowest BCUT2D eigenvalue weighted by Crippen LogP contribution is -2.33. The fourth-order valence-corrected chi connectivity index (χ4v) is 3.50. The monoisotopic (exact) mass is 413 g/mol. The van der Waals surface area contributed by atoms with Gasteiger partial charge >= 0.3 is 0 Å². The summed E-state index contributed by atoms with van der Waals surface area (Å²) >= 11 is 6.23. The summed E-state index contributed by atoms with van der Waals surface area (Å²) in [4.78, 5) is 26.6. The first-order valence-corrected chi connectivity index (χ1v) is 10.1. The van der Waals surface area contributed by atoms with Crippen LogP contribution in [0.5, 0.6) is 11.5 Å². The van der Waals surface area contributed by atoms with E-state index < -0.39 is 5.91 Å². The summed E-state index contributed by atoms with van der Waals surface area (Å²) in [5.74, 6) is 0.517. The maximum atomic E-state index is 12.9. The number of imide groups is 1. The Morgan fingerprint density at radius 2 is 1.55 bits per heavy atom. The number of hydrogen-bond acceptors (Lipinski definition) is 4. The van der Waals surface area contributed by atoms with Crippen LogP contribution in [0.15, 0.2) is 47.5 Å². The maximum Gasteiger partial charge on any atom is 0.273 e. The van der Waals surface area contributed by atoms with E-state index in [9.17, 15) is 9.59 Å². The molecule has 29 heavy (non-hydrogen) atoms. The van der Waals surface area contributed by atoms with E-state index >= 15 is 0 Å². The van der Waals surface area contributed by atoms with Crippen LogP contribution >= 0.6 is 11.6 Å². The Balaban J connectivity index is 1.75. The quantitative estimate of drug-likeness (QED) is 0.603. The third kappa shape index (κ3) is 4.46. The summed E-state index contributed by atoms with van der Waals surface area (Å²) in [5.41, 5.74) is 2.93. The fraction of sp³-hybridized carbons (Fsp3) is 0.304. The largest absolute Gasteiger partial charge is 0.490 e. The average Bonchev–Trinajstić information content (AvgIpc) is 2.92. The van der Waals surface area contributed by atoms with Gasteiger partial charge in [0.25, 0.3) is 11.8 Å². The lowest BCUT2D eigenvalue weighted by Gasteiger charge is -2.16. The second-order valence-corrected chi connectivity index (χ2v) is 7.09. The van der Waals surface area contributed by atoms with E-state index in [1.807, 2.05) is 63.2 Å². The molecule has 2 aromatic rings. The highest BCUT2D eigenvalue weighted by Crippen LogP contribution is 2.33. The minimum absolute atomic E-state index is 0.0273. The molecule has 3 rings (SSSR count). The van der Waals surface area contributed by atoms with Gasteiger partial charge in [-0.1, -0.05) is 47.5 Å². The molecular weight excluding hydrogens is 390 g/mol. The number of nitrogens with zero attached hydrogens (tertiary/aromatic N) is 1. The molecule has 0 unspecified atom stereocenters. The number of aryl methyl sites for hydroxylation is 1. The summed E-state index contributed by atoms with van der Waals surface area (Å²) in [6.45, 7) is 7.08. The second kappa shape index (κ2) is 9.14. The minimum atomic E-state index is -0.455. The molecule has 0 aliphatic carbocycles. The normalized spacial score (nSPS) is 14.0. The first-order valence-electron chi connectivity index (χ1n) is 9.67. The fourth-order valence-electron chi connectivity index (χ4n) is 3.21. The summed E-state index contributed by atoms with van der Waals surface area (Å²) in [7, 11) is 0. The van der Waals surface area contributed by atoms with Gasteiger partial charge in [-0.3, -0.25) is 14.5 Å². The zero-order valence-electron chi connectivity index (χ0n) is 16.8. The van der Waals surface area contributed by atoms with Crippen molar-refractivity contribution in [2.75, 3.05) is 19.8 Å². The molecular formula is C23H24ClNO4. The first kappa shape index (κ1) is 20.9. The highest BCUT2D eigenvalue weighted by atomic mass is 35.5. The Labute approximate surface area is 175 Å². The molecule has 1 aliphatic rings. The topological polar surface area (TPSA) is 55.8 Å². The molecule has 6 heteroatoms. The van der Waals surface area contributed by atoms with Crippen molar-refractivity contribution in [1.29, 1.82) is 0 Å². The van der Waals surface area contributed by atoms with Crippen LogP contribution in [0.2, 0.25) is 0 Å². The first-order chi connectivity index (χ1) is 14.0. The number of halogens is 1. The van der Waals surface area contributed by atoms with Crippen LogP contribution in [0.25, 0.3) is 5.57 Å². The van der Waals surface area contributed by atoms with Crippen molar-refractivity contribution >= 4 is 29.0 Å². The molecule has 0 spiro atoms. The van der Waals surface area contributed by atoms with E-state index in [0.717, 1.165) is 11.1 Å². The Hall–Kier alpha value is -2.79. The third-order valence-electron chi connectivity index (χ3n) is 4.68. The molecule has 5 nitrogen and oxygen atoms in total. The Morgan fingerprint density at radius 1 is 0.897 bits per heavy atom. The molecule has 2 amide bonds. The van der Waals surface area contributed by atoms with Gasteiger partial charge in [0.05, 0.1) is 18.8 Å². The number of rotatable bonds is 8. The molecule has 0 saturated heterocycles. The van der Waals surface area contributed by atoms with Gasteiger partial charge in [-0.25, -0.2) is 0 Å². The Morgan fingerprint density at radius 3 is 2.21 bits per heavy atom. The van der Waals surface area contributed by atoms with Crippen LogP contribution in [0.4, 0.5) is 0 Å². The zero-order valence-corrected chi connectivity index (χ0v) is 17.6. The molecule has 152 valence electrons. The van der Waals surface area contributed by atoms with Gasteiger partial charge in [0.1, 0.15) is 5.03 Å². The average molecular weight is 414 g/mol. The summed E-state index contributed by atoms with van der Waals surface area (Å²) in [6.07, 6.45) is 0.495. The Bertz CT molecular complexity index is 950. The third-order valence-corrected chi connectivity index (χ3v) is 5.03. The van der Waals surface area contributed by atoms with E-state index in [4.69, 9.17) is 21.1 Å². The highest BCUT2D eigenvalue weighted by molar-refractivity contribution is 6.55. The standard InChI is InChI=1S/C23H24ClNO4/c1-4-28-18-11-8-16(14-19(18)29-5-2)12-13-25-22(26)20(21(24)23(25)27)17-9-6-15(3)7-10-17/h6-11,14H,4-5,12-13H2,1-3H3. The second-order valence-electron chi connectivity index (χ2n) is 6.71. The van der Waals surface area contributed by atoms with Crippen LogP contribution in [-0.2, 0) is 16.0 Å². The molecule has 0 N–H and O–H groups in total. The van der Waals surface area contributed by atoms with Crippen LogP contribution in [0.1, 0.15) is 30.5 Å². The zero-order chi connectivity index (χ0) is 21.0. The minimum Gasteiger partial charge on any atom is -0.490 e. The number of benzene rings is 2. The van der Waals surface area contributed by atoms with E-state index in [1.54, 1.807) is 0 Å². The number of carbonyl (C=O) groups is 2. The van der Waals surface area contributed by atoms with Gasteiger partial charge in [0, 0.05) is 6.54 Å². The summed E-state index contributed by atoms with van der Waals surface area (Å²) in [5, 5.41) is -0.0273. The van der Waals surface area contributed by atoms with E-state index in [0.29, 0.717) is 36.7 Å². The lowest BCUT2D eigenvalue weighted by atomic mass is 10.0. The van der Waals surface area contributed by atoms with Gasteiger partial charge in [0.15, 0.2) is 11.5 Å². The molecule has 0 radical (unpaired) electrons. The number of hydrogen-bond donors (Lipinski definition) is 0. The molecule has 0 atom stereocenters. The predicted octanol–water partition coefficient (Wildman–Crippen LogP) is 4.35. The SMILES string of the molecule is CCOc1ccc(CCN2C(=O)C(Cl)=C(c3ccc(C)cc3)C2=O)cc1OCC. The van der Waals surface area contributed by atoms with Crippen molar-refractivity contribution in [3.05, 3.63) is 64.2 Å². The number of amides is 2. The summed E-state index contributed by atoms with van der Waals surface area (Å²) < 4.78 is 11.2. The van der Waals surface area contributed by atoms with Gasteiger partial charge in [-0.2, -0.15) is 0 Å². The van der Waals surface area contributed by atoms with Crippen molar-refractivity contribution in [2.45, 2.75) is 27.2 Å². The predicted molar refractivity (Wildman–Crippen MR) is 113 cm³/mol. The smallest absolute Gasteiger partial charge is 0.273 e. The van der Waals surface area contributed by atoms with Gasteiger partial charge in [-0.15, -0.1) is 0 Å². The van der Waals surface area contributed by atoms with Crippen LogP contribution in [0.3, 0.4) is 0 Å². The van der Waals surface area contributed by atoms with Crippen molar-refractivity contribution < 1.29 is 19.1 Å². The van der Waals surface area contributed by atoms with Crippen LogP contribution in [0, 0.1) is 6.92 Å². The molecule has 1 aliphatic heterocycles. The number of ether oxygens (including phenoxy) is 2. The molecule has 0 saturated carbocycles. The van der Waals surface area contributed by atoms with Gasteiger partial charge < -0.3 is 9.47 Å². The van der Waals surface area contributed by atoms with E-state index in [1.165, 1.54) is 4.90 Å². The van der Waals surface area contributed by atoms with Crippen molar-refractivity contribution in [3.63, 3.8) is 0 Å². The molecule has 0 fully saturated rings. The van der Waals surface area contributed by atoms with Gasteiger partial charge in [0.2, 0.25) is 0 Å². The number of carbonyl (C=O) groups excluding carboxylic acids is 2. The maximum absolute atomic E-state index is 12.9. The van der Waals surface area contributed by atoms with E-state index in [-0.39, 0.29) is 23.1 Å². The van der Waals surface area contributed by atoms with Crippen molar-refractivity contribution in [3.8, 4) is 11.5 Å². The Kier molecular flexibility index (Phi) is 6.60. The summed E-state index contributed by atoms with van der Waals surface area (Å²) in [6, 6.07) is 13.0. The molecule has 0 aromatic heterocycles. The highest BCUT2D eigenvalue weighted by Gasteiger charge is 2.37. The van der Waals surface area contributed by atoms with Crippen LogP contribution < -0.4 is 9.47 Å².